The lowest BCUT2D eigenvalue weighted by molar-refractivity contribution is -0.456. The number of fused-ring (bicyclic) bond motifs is 1. The van der Waals surface area contributed by atoms with Crippen LogP contribution in [0.2, 0.25) is 0 Å². The highest BCUT2D eigenvalue weighted by Crippen LogP contribution is 2.32. The second-order valence-corrected chi connectivity index (χ2v) is 11.2. The monoisotopic (exact) mass is 634 g/mol. The smallest absolute Gasteiger partial charge is 0.332 e. The predicted octanol–water partition coefficient (Wildman–Crippen LogP) is 0.931. The van der Waals surface area contributed by atoms with Gasteiger partial charge in [0, 0.05) is 60.2 Å². The van der Waals surface area contributed by atoms with Gasteiger partial charge in [-0.2, -0.15) is 0 Å². The highest BCUT2D eigenvalue weighted by Gasteiger charge is 2.38. The Labute approximate surface area is 263 Å². The number of methoxy groups -OCH3 is 1. The molecule has 2 fully saturated rings. The van der Waals surface area contributed by atoms with Crippen LogP contribution >= 0.6 is 0 Å². The average molecular weight is 635 g/mol. The molecule has 46 heavy (non-hydrogen) atoms. The van der Waals surface area contributed by atoms with E-state index in [4.69, 9.17) is 15.0 Å². The first kappa shape index (κ1) is 31.2. The predicted molar refractivity (Wildman–Crippen MR) is 161 cm³/mol. The van der Waals surface area contributed by atoms with Crippen LogP contribution in [-0.2, 0) is 10.8 Å². The number of nitrogens with zero attached hydrogens (tertiary/aromatic N) is 7. The number of amides is 2. The minimum Gasteiger partial charge on any atom is -0.467 e. The summed E-state index contributed by atoms with van der Waals surface area (Å²) in [6.45, 7) is 0. The van der Waals surface area contributed by atoms with E-state index >= 15 is 0 Å². The normalized spacial score (nSPS) is 21.5. The molecule has 242 valence electrons. The molecule has 0 spiro atoms. The Morgan fingerprint density at radius 2 is 1.72 bits per heavy atom. The maximum absolute atomic E-state index is 13.4. The van der Waals surface area contributed by atoms with Gasteiger partial charge in [0.25, 0.3) is 6.41 Å². The fraction of sp³-hybridized carbons (Fsp3) is 0.414. The minimum absolute atomic E-state index is 0.0596. The summed E-state index contributed by atoms with van der Waals surface area (Å²) in [6.07, 6.45) is 10.6. The van der Waals surface area contributed by atoms with Crippen LogP contribution in [0.25, 0.3) is 11.1 Å². The zero-order chi connectivity index (χ0) is 32.4. The maximum atomic E-state index is 13.4. The van der Waals surface area contributed by atoms with Crippen molar-refractivity contribution in [3.05, 3.63) is 60.5 Å². The summed E-state index contributed by atoms with van der Waals surface area (Å²) in [5, 5.41) is 54.7. The summed E-state index contributed by atoms with van der Waals surface area (Å²) < 4.78 is 5.03. The molecule has 6 rings (SSSR count). The lowest BCUT2D eigenvalue weighted by Gasteiger charge is -2.36. The Bertz CT molecular complexity index is 1590. The number of carbonyl (C=O) groups excluding carboxylic acids is 1. The molecule has 0 atom stereocenters. The molecule has 0 saturated heterocycles. The number of hydrogen-bond donors (Lipinski definition) is 7. The van der Waals surface area contributed by atoms with Gasteiger partial charge in [0.05, 0.1) is 18.4 Å². The number of urea groups is 1. The van der Waals surface area contributed by atoms with E-state index in [1.807, 2.05) is 12.1 Å². The first-order chi connectivity index (χ1) is 22.1. The van der Waals surface area contributed by atoms with Crippen LogP contribution in [0.3, 0.4) is 0 Å². The lowest BCUT2D eigenvalue weighted by Crippen LogP contribution is -2.49. The molecule has 3 aromatic heterocycles. The molecule has 3 aliphatic rings. The molecule has 3 aromatic rings. The summed E-state index contributed by atoms with van der Waals surface area (Å²) >= 11 is 0. The standard InChI is InChI=1S/C29H34N10O7/c1-45-26-33-13-17(14-34-26)16-2-9-23(31-12-16)39(27(40)36-19-3-4-19)20-7-5-18(6-8-20)35-25-32-15-21-24(37-25)22(30)10-11-38(28(41)42)46-29(21,43)44/h2,9-15,18-20,28,30,41-44H,3-8H2,1H3,(H,36,40)(H,32,35,37)/b11-10-,30-22?. The number of anilines is 2. The summed E-state index contributed by atoms with van der Waals surface area (Å²) in [4.78, 5) is 41.5. The van der Waals surface area contributed by atoms with Crippen molar-refractivity contribution in [2.75, 3.05) is 17.3 Å². The first-order valence-corrected chi connectivity index (χ1v) is 14.7. The van der Waals surface area contributed by atoms with Crippen molar-refractivity contribution in [1.29, 1.82) is 5.41 Å². The topological polar surface area (TPSA) is 235 Å². The van der Waals surface area contributed by atoms with Crippen molar-refractivity contribution in [2.24, 2.45) is 0 Å². The molecular formula is C29H34N10O7. The number of rotatable bonds is 8. The van der Waals surface area contributed by atoms with Crippen LogP contribution in [0.15, 0.2) is 49.2 Å². The van der Waals surface area contributed by atoms with Gasteiger partial charge in [-0.3, -0.25) is 10.3 Å². The second kappa shape index (κ2) is 12.9. The fourth-order valence-corrected chi connectivity index (χ4v) is 5.33. The van der Waals surface area contributed by atoms with Crippen LogP contribution in [0.4, 0.5) is 16.6 Å². The third kappa shape index (κ3) is 6.87. The number of hydrogen-bond acceptors (Lipinski definition) is 15. The summed E-state index contributed by atoms with van der Waals surface area (Å²) in [6, 6.07) is 3.78. The number of allylic oxidation sites excluding steroid dienone is 1. The van der Waals surface area contributed by atoms with Gasteiger partial charge in [-0.05, 0) is 56.7 Å². The number of nitrogens with one attached hydrogen (secondary N) is 3. The van der Waals surface area contributed by atoms with E-state index in [9.17, 15) is 25.2 Å². The van der Waals surface area contributed by atoms with Gasteiger partial charge in [-0.25, -0.2) is 39.6 Å². The second-order valence-electron chi connectivity index (χ2n) is 11.2. The van der Waals surface area contributed by atoms with Crippen LogP contribution in [0, 0.1) is 5.41 Å². The maximum Gasteiger partial charge on any atom is 0.332 e. The van der Waals surface area contributed by atoms with Crippen molar-refractivity contribution in [3.63, 3.8) is 0 Å². The molecule has 0 unspecified atom stereocenters. The Morgan fingerprint density at radius 3 is 2.35 bits per heavy atom. The molecule has 4 heterocycles. The zero-order valence-corrected chi connectivity index (χ0v) is 24.8. The lowest BCUT2D eigenvalue weighted by atomic mass is 9.90. The van der Waals surface area contributed by atoms with Gasteiger partial charge in [0.2, 0.25) is 5.95 Å². The highest BCUT2D eigenvalue weighted by atomic mass is 16.9. The third-order valence-electron chi connectivity index (χ3n) is 7.90. The van der Waals surface area contributed by atoms with Crippen LogP contribution < -0.4 is 20.3 Å². The van der Waals surface area contributed by atoms with E-state index in [1.54, 1.807) is 23.5 Å². The molecule has 17 heteroatoms. The molecule has 2 aliphatic carbocycles. The highest BCUT2D eigenvalue weighted by molar-refractivity contribution is 6.06. The number of aliphatic hydroxyl groups is 4. The Morgan fingerprint density at radius 1 is 1.02 bits per heavy atom. The molecule has 0 bridgehead atoms. The first-order valence-electron chi connectivity index (χ1n) is 14.7. The molecular weight excluding hydrogens is 600 g/mol. The number of pyridine rings is 1. The van der Waals surface area contributed by atoms with Gasteiger partial charge in [0.15, 0.2) is 0 Å². The van der Waals surface area contributed by atoms with Gasteiger partial charge < -0.3 is 35.8 Å². The SMILES string of the molecule is COc1ncc(-c2ccc(N(C(=O)NC3CC3)C3CCC(Nc4ncc5c(n4)C(=N)/C=C\N(C(O)O)OC5(O)O)CC3)nc2)cn1. The van der Waals surface area contributed by atoms with Crippen molar-refractivity contribution in [1.82, 2.24) is 35.3 Å². The Balaban J connectivity index is 1.14. The summed E-state index contributed by atoms with van der Waals surface area (Å²) in [5.74, 6) is -2.33. The van der Waals surface area contributed by atoms with Gasteiger partial charge in [-0.1, -0.05) is 0 Å². The van der Waals surface area contributed by atoms with Gasteiger partial charge in [-0.15, -0.1) is 0 Å². The molecule has 1 aliphatic heterocycles. The molecule has 7 N–H and O–H groups in total. The summed E-state index contributed by atoms with van der Waals surface area (Å²) in [5.41, 5.74) is 0.872. The molecule has 17 nitrogen and oxygen atoms in total. The number of aromatic nitrogens is 5. The average Bonchev–Trinajstić information content (AvgIpc) is 3.87. The van der Waals surface area contributed by atoms with Gasteiger partial charge in [0.1, 0.15) is 11.5 Å². The van der Waals surface area contributed by atoms with E-state index in [1.165, 1.54) is 13.2 Å². The molecule has 2 saturated carbocycles. The van der Waals surface area contributed by atoms with Crippen molar-refractivity contribution in [3.8, 4) is 17.1 Å². The fourth-order valence-electron chi connectivity index (χ4n) is 5.33. The van der Waals surface area contributed by atoms with Gasteiger partial charge >= 0.3 is 18.0 Å². The summed E-state index contributed by atoms with van der Waals surface area (Å²) in [7, 11) is 1.50. The zero-order valence-electron chi connectivity index (χ0n) is 24.8. The number of aliphatic hydroxyl groups excluding tert-OH is 1. The van der Waals surface area contributed by atoms with Crippen molar-refractivity contribution >= 4 is 23.5 Å². The Kier molecular flexibility index (Phi) is 8.74. The van der Waals surface area contributed by atoms with Crippen LogP contribution in [0.5, 0.6) is 6.01 Å². The number of ether oxygens (including phenoxy) is 1. The quantitative estimate of drug-likeness (QED) is 0.171. The Hall–Kier alpha value is -4.81. The van der Waals surface area contributed by atoms with Crippen LogP contribution in [0.1, 0.15) is 49.8 Å². The van der Waals surface area contributed by atoms with E-state index in [0.29, 0.717) is 36.6 Å². The molecule has 0 radical (unpaired) electrons. The third-order valence-corrected chi connectivity index (χ3v) is 7.90. The van der Waals surface area contributed by atoms with E-state index in [-0.39, 0.29) is 53.1 Å². The molecule has 0 aromatic carbocycles. The molecule has 2 amide bonds. The number of hydroxylamine groups is 2. The van der Waals surface area contributed by atoms with E-state index in [0.717, 1.165) is 36.4 Å². The van der Waals surface area contributed by atoms with Crippen molar-refractivity contribution in [2.45, 2.75) is 69.0 Å². The van der Waals surface area contributed by atoms with E-state index < -0.39 is 12.4 Å². The van der Waals surface area contributed by atoms with Crippen molar-refractivity contribution < 1.29 is 34.8 Å². The van der Waals surface area contributed by atoms with Crippen LogP contribution in [-0.4, -0.2) is 93.8 Å². The number of carbonyl (C=O) groups is 1. The minimum atomic E-state index is -3.04. The largest absolute Gasteiger partial charge is 0.467 e. The van der Waals surface area contributed by atoms with E-state index in [2.05, 4.69) is 35.6 Å².